The Labute approximate surface area is 154 Å². The summed E-state index contributed by atoms with van der Waals surface area (Å²) in [6.45, 7) is 3.59. The van der Waals surface area contributed by atoms with Crippen molar-refractivity contribution in [2.75, 3.05) is 14.2 Å². The van der Waals surface area contributed by atoms with Gasteiger partial charge in [-0.25, -0.2) is 0 Å². The third-order valence-electron chi connectivity index (χ3n) is 3.87. The summed E-state index contributed by atoms with van der Waals surface area (Å²) in [6.07, 6.45) is -1.50. The number of aliphatic hydroxyl groups is 2. The monoisotopic (exact) mass is 350 g/mol. The van der Waals surface area contributed by atoms with Crippen molar-refractivity contribution in [3.63, 3.8) is 0 Å². The smallest absolute Gasteiger partial charge is 0.119 e. The molecule has 2 unspecified atom stereocenters. The molecule has 0 fully saturated rings. The quantitative estimate of drug-likeness (QED) is 0.618. The molecule has 2 atom stereocenters. The predicted octanol–water partition coefficient (Wildman–Crippen LogP) is 3.58. The van der Waals surface area contributed by atoms with Crippen LogP contribution in [-0.2, 0) is 0 Å². The molecule has 2 rings (SSSR count). The topological polar surface area (TPSA) is 58.9 Å². The molecule has 2 aromatic rings. The van der Waals surface area contributed by atoms with Crippen LogP contribution in [0.5, 0.6) is 11.5 Å². The van der Waals surface area contributed by atoms with Crippen LogP contribution < -0.4 is 9.47 Å². The van der Waals surface area contributed by atoms with Crippen molar-refractivity contribution in [3.8, 4) is 23.3 Å². The number of aliphatic hydroxyl groups excluding tert-OH is 2. The molecule has 0 aliphatic rings. The number of methoxy groups -OCH3 is 2. The highest BCUT2D eigenvalue weighted by Gasteiger charge is 2.12. The zero-order chi connectivity index (χ0) is 18.9. The minimum absolute atomic E-state index is 0.211. The summed E-state index contributed by atoms with van der Waals surface area (Å²) in [5.74, 6) is 7.05. The number of ether oxygens (including phenoxy) is 2. The molecule has 0 spiro atoms. The second-order valence-electron chi connectivity index (χ2n) is 5.57. The summed E-state index contributed by atoms with van der Waals surface area (Å²) < 4.78 is 10.3. The van der Waals surface area contributed by atoms with E-state index in [1.165, 1.54) is 0 Å². The van der Waals surface area contributed by atoms with Crippen molar-refractivity contribution in [2.24, 2.45) is 0 Å². The minimum atomic E-state index is -0.955. The van der Waals surface area contributed by atoms with E-state index < -0.39 is 12.2 Å². The zero-order valence-electron chi connectivity index (χ0n) is 14.9. The van der Waals surface area contributed by atoms with Gasteiger partial charge in [-0.2, -0.15) is 0 Å². The van der Waals surface area contributed by atoms with Crippen molar-refractivity contribution in [3.05, 3.63) is 77.5 Å². The Morgan fingerprint density at radius 3 is 2.15 bits per heavy atom. The van der Waals surface area contributed by atoms with Crippen LogP contribution in [-0.4, -0.2) is 24.4 Å². The van der Waals surface area contributed by atoms with E-state index in [2.05, 4.69) is 24.2 Å². The standard InChI is InChI=1S/C22H22O4/c1-4-16(22(24)18-10-6-12-20(15-18)26-3)8-7-13-21(23)17-9-5-11-19(14-17)25-2/h5-6,9-12,14-15,21-24H,1,13H2,2-3H3. The van der Waals surface area contributed by atoms with Gasteiger partial charge in [0.05, 0.1) is 25.9 Å². The van der Waals surface area contributed by atoms with Crippen molar-refractivity contribution in [1.82, 2.24) is 0 Å². The maximum absolute atomic E-state index is 10.5. The molecule has 4 nitrogen and oxygen atoms in total. The van der Waals surface area contributed by atoms with Gasteiger partial charge in [-0.15, -0.1) is 5.73 Å². The van der Waals surface area contributed by atoms with Gasteiger partial charge >= 0.3 is 0 Å². The van der Waals surface area contributed by atoms with Gasteiger partial charge in [-0.05, 0) is 35.4 Å². The Morgan fingerprint density at radius 1 is 1.00 bits per heavy atom. The first-order valence-corrected chi connectivity index (χ1v) is 8.12. The van der Waals surface area contributed by atoms with Crippen molar-refractivity contribution >= 4 is 0 Å². The average molecular weight is 350 g/mol. The lowest BCUT2D eigenvalue weighted by Gasteiger charge is -2.11. The highest BCUT2D eigenvalue weighted by atomic mass is 16.5. The largest absolute Gasteiger partial charge is 0.497 e. The van der Waals surface area contributed by atoms with Crippen molar-refractivity contribution < 1.29 is 19.7 Å². The van der Waals surface area contributed by atoms with E-state index >= 15 is 0 Å². The molecule has 0 saturated carbocycles. The first-order valence-electron chi connectivity index (χ1n) is 8.12. The van der Waals surface area contributed by atoms with E-state index in [1.54, 1.807) is 44.6 Å². The third-order valence-corrected chi connectivity index (χ3v) is 3.87. The van der Waals surface area contributed by atoms with Crippen molar-refractivity contribution in [1.29, 1.82) is 0 Å². The van der Waals surface area contributed by atoms with Crippen LogP contribution >= 0.6 is 0 Å². The fourth-order valence-corrected chi connectivity index (χ4v) is 2.40. The Morgan fingerprint density at radius 2 is 1.58 bits per heavy atom. The van der Waals surface area contributed by atoms with Crippen LogP contribution in [0.25, 0.3) is 0 Å². The molecule has 0 saturated heterocycles. The van der Waals surface area contributed by atoms with E-state index in [0.29, 0.717) is 22.6 Å². The lowest BCUT2D eigenvalue weighted by Crippen LogP contribution is -2.00. The lowest BCUT2D eigenvalue weighted by atomic mass is 10.0. The van der Waals surface area contributed by atoms with E-state index in [-0.39, 0.29) is 6.42 Å². The first-order chi connectivity index (χ1) is 12.6. The van der Waals surface area contributed by atoms with Crippen molar-refractivity contribution in [2.45, 2.75) is 18.6 Å². The number of hydrogen-bond acceptors (Lipinski definition) is 4. The molecule has 0 bridgehead atoms. The molecule has 0 aliphatic carbocycles. The molecule has 26 heavy (non-hydrogen) atoms. The Bertz CT molecular complexity index is 854. The Hall–Kier alpha value is -2.96. The summed E-state index contributed by atoms with van der Waals surface area (Å²) in [5.41, 5.74) is 4.37. The van der Waals surface area contributed by atoms with Crippen LogP contribution in [0.15, 0.2) is 66.4 Å². The molecule has 0 heterocycles. The second-order valence-corrected chi connectivity index (χ2v) is 5.57. The predicted molar refractivity (Wildman–Crippen MR) is 101 cm³/mol. The fraction of sp³-hybridized carbons (Fsp3) is 0.227. The Kier molecular flexibility index (Phi) is 7.08. The van der Waals surface area contributed by atoms with Gasteiger partial charge in [0.2, 0.25) is 0 Å². The van der Waals surface area contributed by atoms with Gasteiger partial charge in [0.15, 0.2) is 0 Å². The lowest BCUT2D eigenvalue weighted by molar-refractivity contribution is 0.183. The number of rotatable bonds is 6. The molecule has 0 radical (unpaired) electrons. The van der Waals surface area contributed by atoms with Gasteiger partial charge in [0.1, 0.15) is 17.6 Å². The first kappa shape index (κ1) is 19.4. The SMILES string of the molecule is C=C=C(C#CCC(O)c1cccc(OC)c1)C(O)c1cccc(OC)c1. The van der Waals surface area contributed by atoms with Gasteiger partial charge in [0.25, 0.3) is 0 Å². The van der Waals surface area contributed by atoms with Crippen LogP contribution in [0.2, 0.25) is 0 Å². The molecule has 0 amide bonds. The number of benzene rings is 2. The molecule has 2 aromatic carbocycles. The molecule has 0 aromatic heterocycles. The van der Waals surface area contributed by atoms with E-state index in [9.17, 15) is 10.2 Å². The highest BCUT2D eigenvalue weighted by Crippen LogP contribution is 2.24. The molecular formula is C22H22O4. The molecule has 4 heteroatoms. The summed E-state index contributed by atoms with van der Waals surface area (Å²) in [4.78, 5) is 0. The normalized spacial score (nSPS) is 12.2. The maximum atomic E-state index is 10.5. The summed E-state index contributed by atoms with van der Waals surface area (Å²) in [5, 5.41) is 20.7. The van der Waals surface area contributed by atoms with Crippen LogP contribution in [0.1, 0.15) is 29.8 Å². The van der Waals surface area contributed by atoms with Gasteiger partial charge in [-0.1, -0.05) is 42.7 Å². The second kappa shape index (κ2) is 9.50. The Balaban J connectivity index is 2.09. The van der Waals surface area contributed by atoms with E-state index in [1.807, 2.05) is 18.2 Å². The fourth-order valence-electron chi connectivity index (χ4n) is 2.40. The van der Waals surface area contributed by atoms with Crippen LogP contribution in [0.4, 0.5) is 0 Å². The zero-order valence-corrected chi connectivity index (χ0v) is 14.9. The molecule has 0 aliphatic heterocycles. The summed E-state index contributed by atoms with van der Waals surface area (Å²) in [6, 6.07) is 14.3. The maximum Gasteiger partial charge on any atom is 0.119 e. The van der Waals surface area contributed by atoms with Gasteiger partial charge < -0.3 is 19.7 Å². The third kappa shape index (κ3) is 5.02. The van der Waals surface area contributed by atoms with Crippen LogP contribution in [0.3, 0.4) is 0 Å². The van der Waals surface area contributed by atoms with E-state index in [4.69, 9.17) is 9.47 Å². The highest BCUT2D eigenvalue weighted by molar-refractivity contribution is 5.40. The molecular weight excluding hydrogens is 328 g/mol. The minimum Gasteiger partial charge on any atom is -0.497 e. The molecule has 134 valence electrons. The molecule has 2 N–H and O–H groups in total. The average Bonchev–Trinajstić information content (AvgIpc) is 2.70. The summed E-state index contributed by atoms with van der Waals surface area (Å²) in [7, 11) is 3.14. The summed E-state index contributed by atoms with van der Waals surface area (Å²) >= 11 is 0. The van der Waals surface area contributed by atoms with Gasteiger partial charge in [-0.3, -0.25) is 0 Å². The van der Waals surface area contributed by atoms with Crippen LogP contribution in [0, 0.1) is 11.8 Å². The number of hydrogen-bond donors (Lipinski definition) is 2. The van der Waals surface area contributed by atoms with E-state index in [0.717, 1.165) is 5.56 Å². The van der Waals surface area contributed by atoms with Gasteiger partial charge in [0, 0.05) is 6.42 Å².